The first-order chi connectivity index (χ1) is 17.1. The average Bonchev–Trinajstić information content (AvgIpc) is 2.97. The van der Waals surface area contributed by atoms with Gasteiger partial charge in [-0.3, -0.25) is 14.4 Å². The molecule has 0 aromatic heterocycles. The quantitative estimate of drug-likeness (QED) is 0.336. The number of hydrogen-bond donors (Lipinski definition) is 5. The van der Waals surface area contributed by atoms with Crippen LogP contribution in [0.1, 0.15) is 87.5 Å². The van der Waals surface area contributed by atoms with Gasteiger partial charge in [0.1, 0.15) is 17.5 Å². The summed E-state index contributed by atoms with van der Waals surface area (Å²) in [6.07, 6.45) is -1.07. The number of Topliss-reactive ketones (excluding diaryl/α,β-unsaturated/α-hetero) is 3. The molecule has 0 spiro atoms. The maximum atomic E-state index is 14.2. The van der Waals surface area contributed by atoms with Crippen LogP contribution in [0.15, 0.2) is 11.6 Å². The van der Waals surface area contributed by atoms with E-state index in [4.69, 9.17) is 0 Å². The standard InChI is InChI=1S/C30H46O8/c1-25(2)15-9-10-19-27(5)13-18(32)23(30(8,38)21(34)12-20(33)26(3,4)37)28(27,6)14-22(35)29(19,7)16(15)11-17(31)24(25)36/h9,16-20,23,31-33,37-38H,10-14H2,1-8H3/t16-,17+,18-,19+,20+,23+,27+,28-,29+,30+/m1/s1. The van der Waals surface area contributed by atoms with Crippen LogP contribution in [0.2, 0.25) is 0 Å². The second kappa shape index (κ2) is 8.53. The molecular weight excluding hydrogens is 488 g/mol. The molecule has 4 aliphatic carbocycles. The summed E-state index contributed by atoms with van der Waals surface area (Å²) in [5.74, 6) is -2.49. The topological polar surface area (TPSA) is 152 Å². The Bertz CT molecular complexity index is 1080. The minimum absolute atomic E-state index is 0.0317. The second-order valence-electron chi connectivity index (χ2n) is 14.7. The van der Waals surface area contributed by atoms with Gasteiger partial charge in [-0.1, -0.05) is 32.4 Å². The summed E-state index contributed by atoms with van der Waals surface area (Å²) in [7, 11) is 0. The van der Waals surface area contributed by atoms with E-state index in [1.807, 2.05) is 26.8 Å². The van der Waals surface area contributed by atoms with E-state index in [9.17, 15) is 39.9 Å². The van der Waals surface area contributed by atoms with Crippen molar-refractivity contribution in [2.24, 2.45) is 39.4 Å². The number of aliphatic hydroxyl groups is 5. The van der Waals surface area contributed by atoms with Crippen molar-refractivity contribution < 1.29 is 39.9 Å². The van der Waals surface area contributed by atoms with Crippen LogP contribution >= 0.6 is 0 Å². The summed E-state index contributed by atoms with van der Waals surface area (Å²) < 4.78 is 0. The predicted octanol–water partition coefficient (Wildman–Crippen LogP) is 2.12. The molecule has 0 aliphatic heterocycles. The van der Waals surface area contributed by atoms with Gasteiger partial charge in [-0.2, -0.15) is 0 Å². The van der Waals surface area contributed by atoms with Gasteiger partial charge in [0.2, 0.25) is 0 Å². The minimum Gasteiger partial charge on any atom is -0.393 e. The molecule has 214 valence electrons. The van der Waals surface area contributed by atoms with Crippen molar-refractivity contribution in [1.82, 2.24) is 0 Å². The lowest BCUT2D eigenvalue weighted by Crippen LogP contribution is -2.65. The molecule has 0 saturated heterocycles. The lowest BCUT2D eigenvalue weighted by Gasteiger charge is -2.64. The molecule has 0 aromatic carbocycles. The zero-order chi connectivity index (χ0) is 29.0. The van der Waals surface area contributed by atoms with Crippen molar-refractivity contribution in [3.8, 4) is 0 Å². The van der Waals surface area contributed by atoms with Crippen molar-refractivity contribution in [1.29, 1.82) is 0 Å². The Balaban J connectivity index is 1.77. The van der Waals surface area contributed by atoms with Crippen molar-refractivity contribution in [3.05, 3.63) is 11.6 Å². The first-order valence-corrected chi connectivity index (χ1v) is 13.9. The number of allylic oxidation sites excluding steroid dienone is 2. The van der Waals surface area contributed by atoms with E-state index in [0.29, 0.717) is 6.42 Å². The molecule has 0 aromatic rings. The lowest BCUT2D eigenvalue weighted by atomic mass is 9.38. The second-order valence-corrected chi connectivity index (χ2v) is 14.7. The molecular formula is C30H46O8. The van der Waals surface area contributed by atoms with Gasteiger partial charge in [0, 0.05) is 29.6 Å². The molecule has 8 heteroatoms. The minimum atomic E-state index is -2.04. The summed E-state index contributed by atoms with van der Waals surface area (Å²) in [5, 5.41) is 54.3. The first-order valence-electron chi connectivity index (χ1n) is 13.9. The van der Waals surface area contributed by atoms with Gasteiger partial charge in [0.25, 0.3) is 0 Å². The Morgan fingerprint density at radius 1 is 1.05 bits per heavy atom. The summed E-state index contributed by atoms with van der Waals surface area (Å²) in [4.78, 5) is 40.4. The zero-order valence-corrected chi connectivity index (χ0v) is 24.0. The third-order valence-corrected chi connectivity index (χ3v) is 11.8. The van der Waals surface area contributed by atoms with E-state index in [1.54, 1.807) is 13.8 Å². The molecule has 0 radical (unpaired) electrons. The molecule has 8 nitrogen and oxygen atoms in total. The maximum Gasteiger partial charge on any atom is 0.170 e. The van der Waals surface area contributed by atoms with Crippen molar-refractivity contribution in [2.75, 3.05) is 0 Å². The number of rotatable bonds is 5. The Morgan fingerprint density at radius 3 is 2.18 bits per heavy atom. The fourth-order valence-electron chi connectivity index (χ4n) is 9.20. The van der Waals surface area contributed by atoms with Crippen LogP contribution in [0, 0.1) is 39.4 Å². The van der Waals surface area contributed by atoms with Crippen LogP contribution in [0.4, 0.5) is 0 Å². The number of fused-ring (bicyclic) bond motifs is 5. The Kier molecular flexibility index (Phi) is 6.63. The fraction of sp³-hybridized carbons (Fsp3) is 0.833. The molecule has 0 heterocycles. The van der Waals surface area contributed by atoms with Crippen molar-refractivity contribution >= 4 is 17.3 Å². The van der Waals surface area contributed by atoms with Gasteiger partial charge < -0.3 is 25.5 Å². The summed E-state index contributed by atoms with van der Waals surface area (Å²) >= 11 is 0. The highest BCUT2D eigenvalue weighted by Crippen LogP contribution is 2.74. The van der Waals surface area contributed by atoms with Crippen LogP contribution in [0.5, 0.6) is 0 Å². The summed E-state index contributed by atoms with van der Waals surface area (Å²) in [6.45, 7) is 13.6. The maximum absolute atomic E-state index is 14.2. The Labute approximate surface area is 225 Å². The van der Waals surface area contributed by atoms with E-state index >= 15 is 0 Å². The van der Waals surface area contributed by atoms with E-state index in [2.05, 4.69) is 0 Å². The molecule has 4 aliphatic rings. The van der Waals surface area contributed by atoms with Crippen LogP contribution in [-0.2, 0) is 14.4 Å². The van der Waals surface area contributed by atoms with E-state index in [-0.39, 0.29) is 42.7 Å². The normalized spacial score (nSPS) is 44.9. The monoisotopic (exact) mass is 534 g/mol. The Hall–Kier alpha value is -1.45. The molecule has 0 unspecified atom stereocenters. The predicted molar refractivity (Wildman–Crippen MR) is 140 cm³/mol. The van der Waals surface area contributed by atoms with Crippen LogP contribution in [0.25, 0.3) is 0 Å². The molecule has 38 heavy (non-hydrogen) atoms. The summed E-state index contributed by atoms with van der Waals surface area (Å²) in [5.41, 5.74) is -6.03. The van der Waals surface area contributed by atoms with Crippen molar-refractivity contribution in [3.63, 3.8) is 0 Å². The number of aliphatic hydroxyl groups excluding tert-OH is 3. The molecule has 3 fully saturated rings. The molecule has 0 bridgehead atoms. The molecule has 5 N–H and O–H groups in total. The van der Waals surface area contributed by atoms with Crippen LogP contribution < -0.4 is 0 Å². The lowest BCUT2D eigenvalue weighted by molar-refractivity contribution is -0.186. The third kappa shape index (κ3) is 3.70. The number of hydrogen-bond acceptors (Lipinski definition) is 8. The van der Waals surface area contributed by atoms with E-state index in [1.165, 1.54) is 20.8 Å². The van der Waals surface area contributed by atoms with Crippen LogP contribution in [-0.4, -0.2) is 72.4 Å². The average molecular weight is 535 g/mol. The number of carbonyl (C=O) groups is 3. The largest absolute Gasteiger partial charge is 0.393 e. The zero-order valence-electron chi connectivity index (χ0n) is 24.0. The van der Waals surface area contributed by atoms with Gasteiger partial charge in [0.15, 0.2) is 11.6 Å². The third-order valence-electron chi connectivity index (χ3n) is 11.8. The molecule has 4 rings (SSSR count). The van der Waals surface area contributed by atoms with Gasteiger partial charge in [0.05, 0.1) is 17.8 Å². The molecule has 3 saturated carbocycles. The highest BCUT2D eigenvalue weighted by molar-refractivity contribution is 5.95. The van der Waals surface area contributed by atoms with Gasteiger partial charge in [-0.15, -0.1) is 0 Å². The number of carbonyl (C=O) groups excluding carboxylic acids is 3. The summed E-state index contributed by atoms with van der Waals surface area (Å²) in [6, 6.07) is 0. The van der Waals surface area contributed by atoms with Gasteiger partial charge >= 0.3 is 0 Å². The highest BCUT2D eigenvalue weighted by Gasteiger charge is 2.74. The first kappa shape index (κ1) is 29.5. The van der Waals surface area contributed by atoms with Gasteiger partial charge in [-0.25, -0.2) is 0 Å². The van der Waals surface area contributed by atoms with Crippen molar-refractivity contribution in [2.45, 2.75) is 117 Å². The smallest absolute Gasteiger partial charge is 0.170 e. The molecule has 10 atom stereocenters. The van der Waals surface area contributed by atoms with Crippen LogP contribution in [0.3, 0.4) is 0 Å². The van der Waals surface area contributed by atoms with E-state index in [0.717, 1.165) is 5.57 Å². The Morgan fingerprint density at radius 2 is 1.63 bits per heavy atom. The number of ketones is 3. The van der Waals surface area contributed by atoms with Gasteiger partial charge in [-0.05, 0) is 76.5 Å². The fourth-order valence-corrected chi connectivity index (χ4v) is 9.20. The molecule has 0 amide bonds. The SMILES string of the molecule is CC1(C)C(=O)[C@@H](O)C[C@@H]2C1=CC[C@@H]1[C@@]2(C)C(=O)C[C@]2(C)[C@@H]([C@@](C)(O)C(=O)C[C@H](O)C(C)(C)O)[C@H](O)C[C@@]12C. The van der Waals surface area contributed by atoms with E-state index < -0.39 is 69.3 Å². The highest BCUT2D eigenvalue weighted by atomic mass is 16.3.